The first-order valence-corrected chi connectivity index (χ1v) is 3.52. The van der Waals surface area contributed by atoms with Crippen molar-refractivity contribution in [1.29, 1.82) is 0 Å². The first-order chi connectivity index (χ1) is 4.39. The topological polar surface area (TPSA) is 0 Å². The molecule has 0 saturated carbocycles. The molecule has 0 aromatic carbocycles. The lowest BCUT2D eigenvalue weighted by Crippen LogP contribution is -1.84. The van der Waals surface area contributed by atoms with Crippen LogP contribution in [0.1, 0.15) is 32.1 Å². The van der Waals surface area contributed by atoms with Crippen molar-refractivity contribution < 1.29 is 0 Å². The normalized spacial score (nSPS) is 19.3. The Morgan fingerprint density at radius 2 is 1.89 bits per heavy atom. The van der Waals surface area contributed by atoms with Crippen LogP contribution in [0.4, 0.5) is 0 Å². The van der Waals surface area contributed by atoms with Crippen molar-refractivity contribution in [3.05, 3.63) is 12.2 Å². The largest absolute Gasteiger partial charge is 0.103 e. The summed E-state index contributed by atoms with van der Waals surface area (Å²) in [6, 6.07) is 0. The van der Waals surface area contributed by atoms with Gasteiger partial charge in [0, 0.05) is 12.8 Å². The number of rotatable bonds is 0. The second kappa shape index (κ2) is 3.35. The fraction of sp³-hybridized carbons (Fsp3) is 0.556. The van der Waals surface area contributed by atoms with Crippen LogP contribution in [0.2, 0.25) is 0 Å². The van der Waals surface area contributed by atoms with Crippen molar-refractivity contribution in [3.8, 4) is 11.8 Å². The molecule has 0 aliphatic heterocycles. The first-order valence-electron chi connectivity index (χ1n) is 3.52. The van der Waals surface area contributed by atoms with E-state index in [-0.39, 0.29) is 0 Å². The van der Waals surface area contributed by atoms with Crippen LogP contribution in [0.15, 0.2) is 12.2 Å². The smallest absolute Gasteiger partial charge is 0.0126 e. The predicted octanol–water partition coefficient (Wildman–Crippen LogP) is 2.51. The quantitative estimate of drug-likeness (QED) is 0.340. The highest BCUT2D eigenvalue weighted by molar-refractivity contribution is 5.07. The SMILES string of the molecule is C=C1CCC#CCCC1. The van der Waals surface area contributed by atoms with E-state index in [0.717, 1.165) is 19.3 Å². The molecule has 1 aliphatic rings. The van der Waals surface area contributed by atoms with Gasteiger partial charge in [0.1, 0.15) is 0 Å². The highest BCUT2D eigenvalue weighted by Crippen LogP contribution is 2.12. The Balaban J connectivity index is 2.41. The summed E-state index contributed by atoms with van der Waals surface area (Å²) in [5.74, 6) is 6.22. The molecule has 1 aliphatic carbocycles. The van der Waals surface area contributed by atoms with Gasteiger partial charge in [-0.05, 0) is 19.3 Å². The molecule has 0 spiro atoms. The molecule has 0 nitrogen and oxygen atoms in total. The van der Waals surface area contributed by atoms with Crippen LogP contribution in [-0.4, -0.2) is 0 Å². The Labute approximate surface area is 57.0 Å². The molecule has 0 aromatic heterocycles. The standard InChI is InChI=1S/C9H12/c1-9-7-5-3-2-4-6-8-9/h1,3,5-8H2. The summed E-state index contributed by atoms with van der Waals surface area (Å²) in [5, 5.41) is 0. The van der Waals surface area contributed by atoms with Crippen LogP contribution in [0.3, 0.4) is 0 Å². The van der Waals surface area contributed by atoms with Crippen molar-refractivity contribution >= 4 is 0 Å². The Morgan fingerprint density at radius 3 is 2.78 bits per heavy atom. The van der Waals surface area contributed by atoms with E-state index in [4.69, 9.17) is 0 Å². The van der Waals surface area contributed by atoms with Gasteiger partial charge in [-0.1, -0.05) is 12.2 Å². The average molecular weight is 120 g/mol. The van der Waals surface area contributed by atoms with E-state index in [9.17, 15) is 0 Å². The lowest BCUT2D eigenvalue weighted by Gasteiger charge is -2.02. The van der Waals surface area contributed by atoms with Gasteiger partial charge in [-0.2, -0.15) is 0 Å². The van der Waals surface area contributed by atoms with Crippen LogP contribution in [0.25, 0.3) is 0 Å². The maximum absolute atomic E-state index is 3.95. The van der Waals surface area contributed by atoms with Gasteiger partial charge in [0.25, 0.3) is 0 Å². The van der Waals surface area contributed by atoms with Crippen molar-refractivity contribution in [1.82, 2.24) is 0 Å². The summed E-state index contributed by atoms with van der Waals surface area (Å²) in [7, 11) is 0. The van der Waals surface area contributed by atoms with Gasteiger partial charge in [-0.3, -0.25) is 0 Å². The highest BCUT2D eigenvalue weighted by atomic mass is 14.0. The van der Waals surface area contributed by atoms with E-state index < -0.39 is 0 Å². The third-order valence-electron chi connectivity index (χ3n) is 1.56. The molecular formula is C9H12. The van der Waals surface area contributed by atoms with Gasteiger partial charge in [-0.25, -0.2) is 0 Å². The first kappa shape index (κ1) is 6.42. The summed E-state index contributed by atoms with van der Waals surface area (Å²) in [6.07, 6.45) is 5.62. The molecule has 1 rings (SSSR count). The van der Waals surface area contributed by atoms with Crippen LogP contribution in [0.5, 0.6) is 0 Å². The number of allylic oxidation sites excluding steroid dienone is 1. The minimum atomic E-state index is 1.03. The second-order valence-electron chi connectivity index (χ2n) is 2.46. The van der Waals surface area contributed by atoms with Gasteiger partial charge in [0.2, 0.25) is 0 Å². The molecule has 0 bridgehead atoms. The molecule has 0 N–H and O–H groups in total. The molecular weight excluding hydrogens is 108 g/mol. The molecule has 0 aromatic rings. The Bertz CT molecular complexity index is 155. The fourth-order valence-corrected chi connectivity index (χ4v) is 0.968. The zero-order chi connectivity index (χ0) is 6.53. The van der Waals surface area contributed by atoms with Gasteiger partial charge in [-0.15, -0.1) is 11.8 Å². The van der Waals surface area contributed by atoms with Gasteiger partial charge in [0.05, 0.1) is 0 Å². The van der Waals surface area contributed by atoms with Crippen molar-refractivity contribution in [2.45, 2.75) is 32.1 Å². The fourth-order valence-electron chi connectivity index (χ4n) is 0.968. The zero-order valence-electron chi connectivity index (χ0n) is 5.74. The third kappa shape index (κ3) is 2.37. The lowest BCUT2D eigenvalue weighted by atomic mass is 10.0. The van der Waals surface area contributed by atoms with E-state index in [1.807, 2.05) is 0 Å². The Morgan fingerprint density at radius 1 is 1.11 bits per heavy atom. The molecule has 0 saturated heterocycles. The zero-order valence-corrected chi connectivity index (χ0v) is 5.74. The summed E-state index contributed by atoms with van der Waals surface area (Å²) in [4.78, 5) is 0. The highest BCUT2D eigenvalue weighted by Gasteiger charge is 1.94. The Hall–Kier alpha value is -0.700. The van der Waals surface area contributed by atoms with Crippen molar-refractivity contribution in [2.75, 3.05) is 0 Å². The molecule has 0 heteroatoms. The maximum atomic E-state index is 3.95. The summed E-state index contributed by atoms with van der Waals surface area (Å²) >= 11 is 0. The monoisotopic (exact) mass is 120 g/mol. The predicted molar refractivity (Wildman–Crippen MR) is 40.0 cm³/mol. The second-order valence-corrected chi connectivity index (χ2v) is 2.46. The maximum Gasteiger partial charge on any atom is 0.0126 e. The average Bonchev–Trinajstić information content (AvgIpc) is 1.79. The van der Waals surface area contributed by atoms with E-state index in [1.165, 1.54) is 18.4 Å². The van der Waals surface area contributed by atoms with Crippen LogP contribution < -0.4 is 0 Å². The molecule has 0 amide bonds. The summed E-state index contributed by atoms with van der Waals surface area (Å²) in [6.45, 7) is 3.95. The van der Waals surface area contributed by atoms with Crippen LogP contribution >= 0.6 is 0 Å². The molecule has 48 valence electrons. The number of hydrogen-bond donors (Lipinski definition) is 0. The Kier molecular flexibility index (Phi) is 2.39. The van der Waals surface area contributed by atoms with E-state index in [1.54, 1.807) is 0 Å². The summed E-state index contributed by atoms with van der Waals surface area (Å²) in [5.41, 5.74) is 1.38. The molecule has 0 atom stereocenters. The minimum Gasteiger partial charge on any atom is -0.103 e. The van der Waals surface area contributed by atoms with Crippen molar-refractivity contribution in [3.63, 3.8) is 0 Å². The number of hydrogen-bond acceptors (Lipinski definition) is 0. The minimum absolute atomic E-state index is 1.03. The molecule has 0 heterocycles. The molecule has 0 radical (unpaired) electrons. The molecule has 0 unspecified atom stereocenters. The lowest BCUT2D eigenvalue weighted by molar-refractivity contribution is 0.790. The van der Waals surface area contributed by atoms with Crippen molar-refractivity contribution in [2.24, 2.45) is 0 Å². The van der Waals surface area contributed by atoms with Gasteiger partial charge < -0.3 is 0 Å². The van der Waals surface area contributed by atoms with E-state index >= 15 is 0 Å². The van der Waals surface area contributed by atoms with Gasteiger partial charge in [0.15, 0.2) is 0 Å². The third-order valence-corrected chi connectivity index (χ3v) is 1.56. The molecule has 0 fully saturated rings. The van der Waals surface area contributed by atoms with E-state index in [0.29, 0.717) is 0 Å². The van der Waals surface area contributed by atoms with Crippen LogP contribution in [0, 0.1) is 11.8 Å². The summed E-state index contributed by atoms with van der Waals surface area (Å²) < 4.78 is 0. The van der Waals surface area contributed by atoms with Crippen LogP contribution in [-0.2, 0) is 0 Å². The van der Waals surface area contributed by atoms with E-state index in [2.05, 4.69) is 18.4 Å². The molecule has 9 heavy (non-hydrogen) atoms. The van der Waals surface area contributed by atoms with Gasteiger partial charge >= 0.3 is 0 Å².